The van der Waals surface area contributed by atoms with E-state index >= 15 is 0 Å². The van der Waals surface area contributed by atoms with Crippen LogP contribution in [0.4, 0.5) is 5.69 Å². The summed E-state index contributed by atoms with van der Waals surface area (Å²) in [7, 11) is 3.34. The van der Waals surface area contributed by atoms with Crippen LogP contribution in [0, 0.1) is 0 Å². The second-order valence-electron chi connectivity index (χ2n) is 6.48. The van der Waals surface area contributed by atoms with Crippen molar-refractivity contribution in [2.75, 3.05) is 38.9 Å². The van der Waals surface area contributed by atoms with E-state index in [1.54, 1.807) is 26.0 Å². The monoisotopic (exact) mass is 386 g/mol. The molecule has 1 heterocycles. The lowest BCUT2D eigenvalue weighted by molar-refractivity contribution is -0.117. The zero-order chi connectivity index (χ0) is 19.2. The Labute approximate surface area is 165 Å². The molecule has 6 heteroatoms. The minimum absolute atomic E-state index is 0.00487. The summed E-state index contributed by atoms with van der Waals surface area (Å²) < 4.78 is 10.9. The third-order valence-electron chi connectivity index (χ3n) is 4.89. The molecule has 1 fully saturated rings. The Kier molecular flexibility index (Phi) is 6.63. The fraction of sp³-hybridized carbons (Fsp3) is 0.381. The highest BCUT2D eigenvalue weighted by Crippen LogP contribution is 2.38. The molecule has 5 nitrogen and oxygen atoms in total. The third kappa shape index (κ3) is 4.57. The van der Waals surface area contributed by atoms with Gasteiger partial charge in [-0.15, -0.1) is 11.8 Å². The first-order chi connectivity index (χ1) is 13.2. The molecule has 27 heavy (non-hydrogen) atoms. The number of carbonyl (C=O) groups excluding carboxylic acids is 1. The molecule has 1 aliphatic heterocycles. The minimum Gasteiger partial charge on any atom is -0.497 e. The van der Waals surface area contributed by atoms with E-state index in [2.05, 4.69) is 10.2 Å². The van der Waals surface area contributed by atoms with Gasteiger partial charge in [-0.25, -0.2) is 0 Å². The molecule has 3 rings (SSSR count). The highest BCUT2D eigenvalue weighted by molar-refractivity contribution is 7.98. The van der Waals surface area contributed by atoms with Crippen molar-refractivity contribution in [3.8, 4) is 11.5 Å². The average molecular weight is 387 g/mol. The minimum atomic E-state index is 0.00487. The van der Waals surface area contributed by atoms with Gasteiger partial charge in [0.05, 0.1) is 26.5 Å². The van der Waals surface area contributed by atoms with Gasteiger partial charge in [-0.3, -0.25) is 9.69 Å². The molecule has 1 atom stereocenters. The Morgan fingerprint density at radius 2 is 2.04 bits per heavy atom. The topological polar surface area (TPSA) is 50.8 Å². The summed E-state index contributed by atoms with van der Waals surface area (Å²) in [5.41, 5.74) is 1.94. The molecule has 2 aromatic carbocycles. The van der Waals surface area contributed by atoms with Crippen LogP contribution in [0.5, 0.6) is 11.5 Å². The number of benzene rings is 2. The van der Waals surface area contributed by atoms with E-state index in [0.717, 1.165) is 47.0 Å². The zero-order valence-corrected chi connectivity index (χ0v) is 16.8. The highest BCUT2D eigenvalue weighted by atomic mass is 32.2. The summed E-state index contributed by atoms with van der Waals surface area (Å²) in [5.74, 6) is 1.64. The van der Waals surface area contributed by atoms with Gasteiger partial charge < -0.3 is 14.8 Å². The fourth-order valence-corrected chi connectivity index (χ4v) is 4.14. The van der Waals surface area contributed by atoms with Crippen molar-refractivity contribution < 1.29 is 14.3 Å². The SMILES string of the molecule is COc1ccc(OC)c([C@@H]2CCCN2CC(=O)Nc2ccccc2SC)c1. The molecule has 144 valence electrons. The van der Waals surface area contributed by atoms with Crippen LogP contribution in [-0.4, -0.2) is 44.4 Å². The maximum atomic E-state index is 12.7. The number of anilines is 1. The Morgan fingerprint density at radius 1 is 1.22 bits per heavy atom. The Balaban J connectivity index is 1.74. The van der Waals surface area contributed by atoms with Gasteiger partial charge >= 0.3 is 0 Å². The molecular weight excluding hydrogens is 360 g/mol. The lowest BCUT2D eigenvalue weighted by Crippen LogP contribution is -2.33. The second-order valence-corrected chi connectivity index (χ2v) is 7.33. The van der Waals surface area contributed by atoms with Gasteiger partial charge in [-0.2, -0.15) is 0 Å². The number of methoxy groups -OCH3 is 2. The number of likely N-dealkylation sites (tertiary alicyclic amines) is 1. The summed E-state index contributed by atoms with van der Waals surface area (Å²) in [6, 6.07) is 13.9. The van der Waals surface area contributed by atoms with E-state index in [-0.39, 0.29) is 11.9 Å². The Bertz CT molecular complexity index is 797. The Morgan fingerprint density at radius 3 is 2.78 bits per heavy atom. The lowest BCUT2D eigenvalue weighted by atomic mass is 10.0. The maximum absolute atomic E-state index is 12.7. The molecule has 0 spiro atoms. The van der Waals surface area contributed by atoms with Crippen LogP contribution in [0.2, 0.25) is 0 Å². The van der Waals surface area contributed by atoms with Gasteiger partial charge in [0.15, 0.2) is 0 Å². The van der Waals surface area contributed by atoms with Gasteiger partial charge in [0.2, 0.25) is 5.91 Å². The first-order valence-corrected chi connectivity index (χ1v) is 10.3. The van der Waals surface area contributed by atoms with Crippen molar-refractivity contribution in [3.63, 3.8) is 0 Å². The average Bonchev–Trinajstić information content (AvgIpc) is 3.15. The van der Waals surface area contributed by atoms with Gasteiger partial charge in [0, 0.05) is 16.5 Å². The molecule has 1 N–H and O–H groups in total. The summed E-state index contributed by atoms with van der Waals surface area (Å²) in [4.78, 5) is 16.0. The van der Waals surface area contributed by atoms with Crippen LogP contribution in [0.1, 0.15) is 24.4 Å². The summed E-state index contributed by atoms with van der Waals surface area (Å²) >= 11 is 1.63. The van der Waals surface area contributed by atoms with E-state index in [0.29, 0.717) is 6.54 Å². The van der Waals surface area contributed by atoms with Gasteiger partial charge in [0.25, 0.3) is 0 Å². The summed E-state index contributed by atoms with van der Waals surface area (Å²) in [6.07, 6.45) is 4.06. The van der Waals surface area contributed by atoms with Crippen LogP contribution in [-0.2, 0) is 4.79 Å². The number of nitrogens with zero attached hydrogens (tertiary/aromatic N) is 1. The summed E-state index contributed by atoms with van der Waals surface area (Å²) in [6.45, 7) is 1.25. The third-order valence-corrected chi connectivity index (χ3v) is 5.68. The largest absolute Gasteiger partial charge is 0.497 e. The molecule has 0 bridgehead atoms. The molecular formula is C21H26N2O3S. The van der Waals surface area contributed by atoms with E-state index in [9.17, 15) is 4.79 Å². The molecule has 0 radical (unpaired) electrons. The fourth-order valence-electron chi connectivity index (χ4n) is 3.59. The van der Waals surface area contributed by atoms with Crippen LogP contribution in [0.3, 0.4) is 0 Å². The number of rotatable bonds is 7. The van der Waals surface area contributed by atoms with E-state index in [4.69, 9.17) is 9.47 Å². The molecule has 0 aromatic heterocycles. The number of thioether (sulfide) groups is 1. The van der Waals surface area contributed by atoms with Crippen LogP contribution in [0.15, 0.2) is 47.4 Å². The van der Waals surface area contributed by atoms with Crippen molar-refractivity contribution >= 4 is 23.4 Å². The molecule has 1 saturated heterocycles. The van der Waals surface area contributed by atoms with Crippen molar-refractivity contribution in [2.45, 2.75) is 23.8 Å². The van der Waals surface area contributed by atoms with Crippen molar-refractivity contribution in [2.24, 2.45) is 0 Å². The normalized spacial score (nSPS) is 16.9. The number of carbonyl (C=O) groups is 1. The number of ether oxygens (including phenoxy) is 2. The zero-order valence-electron chi connectivity index (χ0n) is 16.0. The number of hydrogen-bond acceptors (Lipinski definition) is 5. The van der Waals surface area contributed by atoms with Crippen molar-refractivity contribution in [1.82, 2.24) is 4.90 Å². The van der Waals surface area contributed by atoms with Gasteiger partial charge in [-0.1, -0.05) is 12.1 Å². The number of amides is 1. The molecule has 1 amide bonds. The van der Waals surface area contributed by atoms with Crippen molar-refractivity contribution in [3.05, 3.63) is 48.0 Å². The molecule has 2 aromatic rings. The molecule has 0 unspecified atom stereocenters. The molecule has 0 aliphatic carbocycles. The second kappa shape index (κ2) is 9.15. The quantitative estimate of drug-likeness (QED) is 0.723. The molecule has 0 saturated carbocycles. The van der Waals surface area contributed by atoms with Crippen LogP contribution in [0.25, 0.3) is 0 Å². The smallest absolute Gasteiger partial charge is 0.238 e. The van der Waals surface area contributed by atoms with E-state index in [1.807, 2.05) is 48.7 Å². The standard InChI is InChI=1S/C21H26N2O3S/c1-25-15-10-11-19(26-2)16(13-15)18-8-6-12-23(18)14-21(24)22-17-7-4-5-9-20(17)27-3/h4-5,7,9-11,13,18H,6,8,12,14H2,1-3H3,(H,22,24)/t18-/m0/s1. The number of para-hydroxylation sites is 1. The van der Waals surface area contributed by atoms with E-state index < -0.39 is 0 Å². The predicted molar refractivity (Wildman–Crippen MR) is 110 cm³/mol. The number of hydrogen-bond donors (Lipinski definition) is 1. The van der Waals surface area contributed by atoms with Crippen LogP contribution >= 0.6 is 11.8 Å². The molecule has 1 aliphatic rings. The number of nitrogens with one attached hydrogen (secondary N) is 1. The van der Waals surface area contributed by atoms with Crippen LogP contribution < -0.4 is 14.8 Å². The lowest BCUT2D eigenvalue weighted by Gasteiger charge is -2.26. The van der Waals surface area contributed by atoms with Gasteiger partial charge in [0.1, 0.15) is 11.5 Å². The van der Waals surface area contributed by atoms with Crippen molar-refractivity contribution in [1.29, 1.82) is 0 Å². The maximum Gasteiger partial charge on any atom is 0.238 e. The van der Waals surface area contributed by atoms with E-state index in [1.165, 1.54) is 0 Å². The summed E-state index contributed by atoms with van der Waals surface area (Å²) in [5, 5.41) is 3.05. The Hall–Kier alpha value is -2.18. The highest BCUT2D eigenvalue weighted by Gasteiger charge is 2.30. The first kappa shape index (κ1) is 19.6. The van der Waals surface area contributed by atoms with Gasteiger partial charge in [-0.05, 0) is 56.0 Å². The first-order valence-electron chi connectivity index (χ1n) is 9.05. The predicted octanol–water partition coefficient (Wildman–Crippen LogP) is 4.20.